The number of esters is 3. The Balaban J connectivity index is 4.61. The first-order valence-electron chi connectivity index (χ1n) is 36.1. The molecule has 0 amide bonds. The third-order valence-corrected chi connectivity index (χ3v) is 16.5. The molecule has 0 rings (SSSR count). The third kappa shape index (κ3) is 70.6. The van der Waals surface area contributed by atoms with Gasteiger partial charge in [0.15, 0.2) is 6.10 Å². The Morgan fingerprint density at radius 3 is 0.947 bits per heavy atom. The van der Waals surface area contributed by atoms with Crippen LogP contribution in [0.3, 0.4) is 0 Å². The Morgan fingerprint density at radius 2 is 0.579 bits per heavy atom. The quantitative estimate of drug-likeness (QED) is 0.0146. The molecule has 0 heterocycles. The zero-order valence-electron chi connectivity index (χ0n) is 58.8. The highest BCUT2D eigenvalue weighted by atomic mass is 31.2. The summed E-state index contributed by atoms with van der Waals surface area (Å²) in [6.45, 7) is 2.33. The van der Waals surface area contributed by atoms with Crippen molar-refractivity contribution in [2.24, 2.45) is 0 Å². The zero-order chi connectivity index (χ0) is 69.5. The summed E-state index contributed by atoms with van der Waals surface area (Å²) < 4.78 is 60.9. The van der Waals surface area contributed by atoms with Crippen LogP contribution in [0.2, 0.25) is 0 Å². The number of aliphatic hydroxyl groups excluding tert-OH is 2. The summed E-state index contributed by atoms with van der Waals surface area (Å²) >= 11 is 0. The highest BCUT2D eigenvalue weighted by Gasteiger charge is 2.29. The molecule has 18 heteroatoms. The van der Waals surface area contributed by atoms with Crippen molar-refractivity contribution < 1.29 is 75.8 Å². The monoisotopic (exact) mass is 1370 g/mol. The predicted octanol–water partition coefficient (Wildman–Crippen LogP) is 20.5. The van der Waals surface area contributed by atoms with E-state index in [1.54, 1.807) is 0 Å². The van der Waals surface area contributed by atoms with Crippen molar-refractivity contribution >= 4 is 33.6 Å². The highest BCUT2D eigenvalue weighted by molar-refractivity contribution is 7.47. The van der Waals surface area contributed by atoms with Gasteiger partial charge in [-0.3, -0.25) is 32.5 Å². The minimum absolute atomic E-state index is 0.0433. The third-order valence-electron chi connectivity index (χ3n) is 14.6. The van der Waals surface area contributed by atoms with E-state index in [4.69, 9.17) is 32.3 Å². The van der Waals surface area contributed by atoms with E-state index >= 15 is 0 Å². The average molecular weight is 1370 g/mol. The van der Waals surface area contributed by atoms with Gasteiger partial charge in [0.05, 0.1) is 26.4 Å². The molecule has 0 aromatic heterocycles. The standard InChI is InChI=1S/C77H128O16P2/c1-4-7-10-13-16-19-22-25-27-29-31-32-33-34-35-36-37-38-40-42-43-46-48-51-54-57-60-63-75(80)87-66-72(78)67-89-94(83,84)90-68-73(79)69-91-95(85,86)92-71-74(93-77(82)65-62-59-56-53-50-45-24-21-18-15-12-9-6-3)70-88-76(81)64-61-58-55-52-49-47-44-41-39-30-28-26-23-20-17-14-11-8-5-2/h7-8,10-11,16-17,19-20,25-28,31-32,34-35,37-39,41,47,49,55,58,72-74,78-79H,4-6,9,12-15,18,21-24,29-30,33,36,40,42-46,48,50-54,56-57,59-71H2,1-3H3,(H,83,84)(H,85,86)/b10-7-,11-8-,19-16-,20-17-,27-25-,28-26-,32-31-,35-34-,38-37-,41-39-,49-47-,58-55-. The summed E-state index contributed by atoms with van der Waals surface area (Å²) in [7, 11) is -9.81. The van der Waals surface area contributed by atoms with Gasteiger partial charge in [0.1, 0.15) is 25.4 Å². The van der Waals surface area contributed by atoms with Gasteiger partial charge in [-0.25, -0.2) is 9.13 Å². The first-order chi connectivity index (χ1) is 46.2. The molecule has 0 fully saturated rings. The molecule has 0 spiro atoms. The number of aliphatic hydroxyl groups is 2. The molecule has 5 unspecified atom stereocenters. The molecule has 95 heavy (non-hydrogen) atoms. The minimum Gasteiger partial charge on any atom is -0.463 e. The van der Waals surface area contributed by atoms with Crippen LogP contribution in [0, 0.1) is 0 Å². The van der Waals surface area contributed by atoms with Crippen molar-refractivity contribution in [3.63, 3.8) is 0 Å². The maximum atomic E-state index is 12.9. The van der Waals surface area contributed by atoms with Crippen LogP contribution in [-0.2, 0) is 55.8 Å². The van der Waals surface area contributed by atoms with Crippen LogP contribution in [0.1, 0.15) is 265 Å². The number of unbranched alkanes of at least 4 members (excludes halogenated alkanes) is 20. The molecule has 16 nitrogen and oxygen atoms in total. The number of phosphoric acid groups is 2. The van der Waals surface area contributed by atoms with Crippen molar-refractivity contribution in [1.29, 1.82) is 0 Å². The maximum Gasteiger partial charge on any atom is 0.472 e. The van der Waals surface area contributed by atoms with Gasteiger partial charge in [0.2, 0.25) is 0 Å². The molecule has 4 N–H and O–H groups in total. The Morgan fingerprint density at radius 1 is 0.305 bits per heavy atom. The molecular weight excluding hydrogens is 1240 g/mol. The first kappa shape index (κ1) is 90.4. The van der Waals surface area contributed by atoms with E-state index in [1.807, 2.05) is 18.2 Å². The molecule has 542 valence electrons. The zero-order valence-corrected chi connectivity index (χ0v) is 60.6. The van der Waals surface area contributed by atoms with Gasteiger partial charge in [0, 0.05) is 19.3 Å². The average Bonchev–Trinajstić information content (AvgIpc) is 1.81. The normalized spacial score (nSPS) is 15.0. The van der Waals surface area contributed by atoms with Gasteiger partial charge in [0.25, 0.3) is 0 Å². The number of allylic oxidation sites excluding steroid dienone is 24. The van der Waals surface area contributed by atoms with Crippen molar-refractivity contribution in [3.05, 3.63) is 146 Å². The molecular formula is C77H128O16P2. The second-order valence-electron chi connectivity index (χ2n) is 23.6. The van der Waals surface area contributed by atoms with E-state index in [0.29, 0.717) is 25.7 Å². The number of rotatable bonds is 67. The van der Waals surface area contributed by atoms with Crippen LogP contribution in [-0.4, -0.2) is 95.9 Å². The van der Waals surface area contributed by atoms with Crippen LogP contribution < -0.4 is 0 Å². The molecule has 0 aromatic rings. The van der Waals surface area contributed by atoms with Crippen molar-refractivity contribution in [3.8, 4) is 0 Å². The first-order valence-corrected chi connectivity index (χ1v) is 39.1. The lowest BCUT2D eigenvalue weighted by Crippen LogP contribution is -2.30. The summed E-state index contributed by atoms with van der Waals surface area (Å²) in [4.78, 5) is 58.4. The molecule has 0 aliphatic carbocycles. The van der Waals surface area contributed by atoms with Gasteiger partial charge in [-0.05, 0) is 109 Å². The number of carbonyl (C=O) groups is 3. The number of carbonyl (C=O) groups excluding carboxylic acids is 3. The lowest BCUT2D eigenvalue weighted by Gasteiger charge is -2.21. The predicted molar refractivity (Wildman–Crippen MR) is 389 cm³/mol. The summed E-state index contributed by atoms with van der Waals surface area (Å²) in [5, 5.41) is 20.6. The molecule has 0 saturated heterocycles. The molecule has 0 radical (unpaired) electrons. The fourth-order valence-electron chi connectivity index (χ4n) is 9.13. The van der Waals surface area contributed by atoms with Crippen molar-refractivity contribution in [2.45, 2.75) is 283 Å². The Hall–Kier alpha value is -4.57. The lowest BCUT2D eigenvalue weighted by atomic mass is 10.0. The Bertz CT molecular complexity index is 2310. The molecule has 0 aromatic carbocycles. The van der Waals surface area contributed by atoms with E-state index in [1.165, 1.54) is 70.6 Å². The summed E-state index contributed by atoms with van der Waals surface area (Å²) in [5.74, 6) is -1.68. The number of phosphoric ester groups is 2. The van der Waals surface area contributed by atoms with Crippen LogP contribution in [0.25, 0.3) is 0 Å². The van der Waals surface area contributed by atoms with E-state index in [9.17, 15) is 43.5 Å². The van der Waals surface area contributed by atoms with Crippen molar-refractivity contribution in [1.82, 2.24) is 0 Å². The van der Waals surface area contributed by atoms with E-state index in [2.05, 4.69) is 148 Å². The van der Waals surface area contributed by atoms with Crippen LogP contribution in [0.15, 0.2) is 146 Å². The second kappa shape index (κ2) is 69.3. The Labute approximate surface area is 575 Å². The molecule has 0 aliphatic heterocycles. The number of hydrogen-bond acceptors (Lipinski definition) is 14. The van der Waals surface area contributed by atoms with Crippen LogP contribution in [0.4, 0.5) is 0 Å². The second-order valence-corrected chi connectivity index (χ2v) is 26.5. The van der Waals surface area contributed by atoms with E-state index in [0.717, 1.165) is 128 Å². The van der Waals surface area contributed by atoms with E-state index in [-0.39, 0.29) is 19.3 Å². The summed E-state index contributed by atoms with van der Waals surface area (Å²) in [6, 6.07) is 0. The molecule has 0 aliphatic rings. The van der Waals surface area contributed by atoms with Gasteiger partial charge < -0.3 is 34.2 Å². The largest absolute Gasteiger partial charge is 0.472 e. The van der Waals surface area contributed by atoms with E-state index < -0.39 is 91.5 Å². The molecule has 0 bridgehead atoms. The van der Waals surface area contributed by atoms with Gasteiger partial charge in [-0.1, -0.05) is 282 Å². The van der Waals surface area contributed by atoms with Gasteiger partial charge in [-0.2, -0.15) is 0 Å². The van der Waals surface area contributed by atoms with Crippen LogP contribution in [0.5, 0.6) is 0 Å². The fraction of sp³-hybridized carbons (Fsp3) is 0.649. The van der Waals surface area contributed by atoms with Crippen LogP contribution >= 0.6 is 15.6 Å². The smallest absolute Gasteiger partial charge is 0.463 e. The topological polar surface area (TPSA) is 231 Å². The van der Waals surface area contributed by atoms with Gasteiger partial charge >= 0.3 is 33.6 Å². The Kier molecular flexibility index (Phi) is 66.0. The number of hydrogen-bond donors (Lipinski definition) is 4. The highest BCUT2D eigenvalue weighted by Crippen LogP contribution is 2.45. The summed E-state index contributed by atoms with van der Waals surface area (Å²) in [5.41, 5.74) is 0. The fourth-order valence-corrected chi connectivity index (χ4v) is 10.7. The number of ether oxygens (including phenoxy) is 3. The molecule has 0 saturated carbocycles. The van der Waals surface area contributed by atoms with Crippen molar-refractivity contribution in [2.75, 3.05) is 39.6 Å². The maximum absolute atomic E-state index is 12.9. The molecule has 5 atom stereocenters. The lowest BCUT2D eigenvalue weighted by molar-refractivity contribution is -0.161. The SMILES string of the molecule is CC/C=C\C/C=C\C/C=C\C/C=C\C/C=C\C/C=C\CCCCCCCCCCC(=O)OCC(O)COP(=O)(O)OCC(O)COP(=O)(O)OCC(COC(=O)CC/C=C\C/C=C\C/C=C\C/C=C\C/C=C\C/C=C\CC)OC(=O)CCCCCCCCCCCCCCC. The summed E-state index contributed by atoms with van der Waals surface area (Å²) in [6.07, 6.45) is 83.4. The van der Waals surface area contributed by atoms with Gasteiger partial charge in [-0.15, -0.1) is 0 Å². The minimum atomic E-state index is -4.94.